The summed E-state index contributed by atoms with van der Waals surface area (Å²) >= 11 is -2.45. The van der Waals surface area contributed by atoms with Crippen LogP contribution in [0.2, 0.25) is 13.3 Å². The van der Waals surface area contributed by atoms with Gasteiger partial charge in [-0.05, 0) is 0 Å². The van der Waals surface area contributed by atoms with Crippen molar-refractivity contribution in [3.8, 4) is 0 Å². The first-order valence-electron chi connectivity index (χ1n) is 10.1. The Hall–Kier alpha value is -1.04. The Balaban J connectivity index is 3.03. The number of carboxylic acids is 1. The van der Waals surface area contributed by atoms with Gasteiger partial charge in [0.15, 0.2) is 0 Å². The van der Waals surface area contributed by atoms with Crippen LogP contribution in [0.15, 0.2) is 24.3 Å². The fourth-order valence-electron chi connectivity index (χ4n) is 3.59. The average Bonchev–Trinajstić information content (AvgIpc) is 2.66. The van der Waals surface area contributed by atoms with E-state index in [9.17, 15) is 9.59 Å². The van der Waals surface area contributed by atoms with Gasteiger partial charge in [0, 0.05) is 0 Å². The van der Waals surface area contributed by atoms with Crippen LogP contribution in [-0.4, -0.2) is 41.9 Å². The Morgan fingerprint density at radius 1 is 0.885 bits per heavy atom. The van der Waals surface area contributed by atoms with E-state index in [2.05, 4.69) is 38.2 Å². The van der Waals surface area contributed by atoms with E-state index in [4.69, 9.17) is 5.11 Å². The molecule has 0 heterocycles. The summed E-state index contributed by atoms with van der Waals surface area (Å²) in [5.41, 5.74) is 0.552. The van der Waals surface area contributed by atoms with Crippen LogP contribution in [0.3, 0.4) is 0 Å². The average molecular weight is 468 g/mol. The van der Waals surface area contributed by atoms with Gasteiger partial charge in [0.1, 0.15) is 0 Å². The molecule has 4 nitrogen and oxygen atoms in total. The van der Waals surface area contributed by atoms with Crippen molar-refractivity contribution >= 4 is 33.8 Å². The molecule has 0 aliphatic rings. The molecule has 146 valence electrons. The van der Waals surface area contributed by atoms with E-state index in [-0.39, 0.29) is 12.5 Å². The molecule has 0 unspecified atom stereocenters. The molecule has 0 atom stereocenters. The Kier molecular flexibility index (Phi) is 10.9. The Labute approximate surface area is 162 Å². The minimum atomic E-state index is -2.45. The van der Waals surface area contributed by atoms with Crippen LogP contribution < -0.4 is 8.90 Å². The number of rotatable bonds is 13. The van der Waals surface area contributed by atoms with E-state index >= 15 is 0 Å². The van der Waals surface area contributed by atoms with Crippen molar-refractivity contribution in [1.82, 2.24) is 5.32 Å². The Bertz CT molecular complexity index is 535. The zero-order valence-electron chi connectivity index (χ0n) is 16.6. The normalized spacial score (nSPS) is 11.3. The predicted molar refractivity (Wildman–Crippen MR) is 111 cm³/mol. The summed E-state index contributed by atoms with van der Waals surface area (Å²) in [4.78, 5) is 22.7. The zero-order chi connectivity index (χ0) is 19.4. The maximum atomic E-state index is 12.1. The summed E-state index contributed by atoms with van der Waals surface area (Å²) in [5.74, 6) is -1.33. The van der Waals surface area contributed by atoms with Gasteiger partial charge in [0.05, 0.1) is 0 Å². The number of carboxylic acid groups (broad SMARTS) is 1. The first-order valence-corrected chi connectivity index (χ1v) is 17.6. The molecule has 2 N–H and O–H groups in total. The molecule has 0 aliphatic carbocycles. The van der Waals surface area contributed by atoms with Gasteiger partial charge in [-0.15, -0.1) is 0 Å². The third-order valence-electron chi connectivity index (χ3n) is 5.19. The quantitative estimate of drug-likeness (QED) is 0.418. The SMILES string of the molecule is CCC[CH2][Sn]([CH2]CCC)([CH2]CCC)[c]1ccc(C(=O)NCC(=O)O)cc1. The maximum absolute atomic E-state index is 12.1. The van der Waals surface area contributed by atoms with Crippen LogP contribution in [-0.2, 0) is 4.79 Å². The number of nitrogens with one attached hydrogen (secondary N) is 1. The molecule has 5 heteroatoms. The molecular formula is C21H35NO3Sn. The van der Waals surface area contributed by atoms with Gasteiger partial charge in [0.2, 0.25) is 0 Å². The molecule has 0 spiro atoms. The monoisotopic (exact) mass is 469 g/mol. The van der Waals surface area contributed by atoms with E-state index in [0.29, 0.717) is 5.56 Å². The third-order valence-corrected chi connectivity index (χ3v) is 20.9. The van der Waals surface area contributed by atoms with Crippen LogP contribution >= 0.6 is 0 Å². The van der Waals surface area contributed by atoms with Gasteiger partial charge in [0.25, 0.3) is 0 Å². The molecule has 1 amide bonds. The van der Waals surface area contributed by atoms with Crippen molar-refractivity contribution in [2.75, 3.05) is 6.54 Å². The summed E-state index contributed by atoms with van der Waals surface area (Å²) in [6.45, 7) is 6.47. The molecule has 0 saturated carbocycles. The molecule has 0 fully saturated rings. The number of hydrogen-bond donors (Lipinski definition) is 2. The van der Waals surface area contributed by atoms with E-state index in [1.807, 2.05) is 12.1 Å². The van der Waals surface area contributed by atoms with Gasteiger partial charge in [-0.2, -0.15) is 0 Å². The third kappa shape index (κ3) is 7.29. The van der Waals surface area contributed by atoms with Crippen LogP contribution in [0, 0.1) is 0 Å². The van der Waals surface area contributed by atoms with Crippen molar-refractivity contribution in [3.05, 3.63) is 29.8 Å². The molecule has 0 bridgehead atoms. The number of amides is 1. The molecule has 1 rings (SSSR count). The van der Waals surface area contributed by atoms with Crippen LogP contribution in [0.4, 0.5) is 0 Å². The number of carbonyl (C=O) groups is 2. The van der Waals surface area contributed by atoms with Gasteiger partial charge in [-0.3, -0.25) is 0 Å². The standard InChI is InChI=1S/C9H8NO3.3C4H9.Sn/c11-8(12)6-10-9(13)7-4-2-1-3-5-7;3*1-3-4-2;/h2-5H,6H2,(H,10,13)(H,11,12);3*1,3-4H2,2H3;. The van der Waals surface area contributed by atoms with Crippen molar-refractivity contribution in [2.45, 2.75) is 72.6 Å². The molecule has 0 saturated heterocycles. The van der Waals surface area contributed by atoms with Crippen molar-refractivity contribution in [3.63, 3.8) is 0 Å². The Morgan fingerprint density at radius 2 is 1.35 bits per heavy atom. The number of unbranched alkanes of at least 4 members (excludes halogenated alkanes) is 3. The first kappa shape index (κ1) is 23.0. The minimum absolute atomic E-state index is 0.310. The summed E-state index contributed by atoms with van der Waals surface area (Å²) in [7, 11) is 0. The molecule has 1 aromatic rings. The predicted octanol–water partition coefficient (Wildman–Crippen LogP) is 4.56. The van der Waals surface area contributed by atoms with E-state index in [0.717, 1.165) is 0 Å². The summed E-state index contributed by atoms with van der Waals surface area (Å²) in [5, 5.41) is 11.1. The fourth-order valence-corrected chi connectivity index (χ4v) is 19.5. The molecular weight excluding hydrogens is 433 g/mol. The second-order valence-corrected chi connectivity index (χ2v) is 20.5. The van der Waals surface area contributed by atoms with Gasteiger partial charge in [-0.25, -0.2) is 0 Å². The van der Waals surface area contributed by atoms with Gasteiger partial charge >= 0.3 is 163 Å². The van der Waals surface area contributed by atoms with E-state index < -0.39 is 24.3 Å². The summed E-state index contributed by atoms with van der Waals surface area (Å²) in [6, 6.07) is 8.13. The number of hydrogen-bond acceptors (Lipinski definition) is 2. The van der Waals surface area contributed by atoms with Gasteiger partial charge in [-0.1, -0.05) is 0 Å². The summed E-state index contributed by atoms with van der Waals surface area (Å²) < 4.78 is 5.73. The fraction of sp³-hybridized carbons (Fsp3) is 0.619. The molecule has 26 heavy (non-hydrogen) atoms. The van der Waals surface area contributed by atoms with Crippen LogP contribution in [0.25, 0.3) is 0 Å². The van der Waals surface area contributed by atoms with E-state index in [1.165, 1.54) is 55.4 Å². The first-order chi connectivity index (χ1) is 12.5. The second-order valence-electron chi connectivity index (χ2n) is 7.24. The topological polar surface area (TPSA) is 66.4 Å². The van der Waals surface area contributed by atoms with E-state index in [1.54, 1.807) is 0 Å². The molecule has 0 aromatic heterocycles. The number of carbonyl (C=O) groups excluding carboxylic acids is 1. The van der Waals surface area contributed by atoms with Crippen molar-refractivity contribution < 1.29 is 14.7 Å². The zero-order valence-corrected chi connectivity index (χ0v) is 19.5. The molecule has 0 aliphatic heterocycles. The van der Waals surface area contributed by atoms with Crippen LogP contribution in [0.1, 0.15) is 69.7 Å². The van der Waals surface area contributed by atoms with Crippen molar-refractivity contribution in [1.29, 1.82) is 0 Å². The molecule has 1 aromatic carbocycles. The van der Waals surface area contributed by atoms with Crippen molar-refractivity contribution in [2.24, 2.45) is 0 Å². The Morgan fingerprint density at radius 3 is 1.73 bits per heavy atom. The second kappa shape index (κ2) is 12.4. The number of benzene rings is 1. The molecule has 0 radical (unpaired) electrons. The van der Waals surface area contributed by atoms with Gasteiger partial charge < -0.3 is 0 Å². The van der Waals surface area contributed by atoms with Crippen LogP contribution in [0.5, 0.6) is 0 Å². The number of aliphatic carboxylic acids is 1. The summed E-state index contributed by atoms with van der Waals surface area (Å²) in [6.07, 6.45) is 7.66.